The second kappa shape index (κ2) is 17.6. The molecule has 58 heavy (non-hydrogen) atoms. The van der Waals surface area contributed by atoms with Gasteiger partial charge in [-0.05, 0) is 102 Å². The number of fused-ring (bicyclic) bond motifs is 2. The Bertz CT molecular complexity index is 2400. The van der Waals surface area contributed by atoms with E-state index in [2.05, 4.69) is 161 Å². The summed E-state index contributed by atoms with van der Waals surface area (Å²) in [5.74, 6) is 0.144. The van der Waals surface area contributed by atoms with Crippen LogP contribution in [0.15, 0.2) is 170 Å². The topological polar surface area (TPSA) is 52.6 Å². The van der Waals surface area contributed by atoms with Gasteiger partial charge in [-0.2, -0.15) is 0 Å². The Morgan fingerprint density at radius 2 is 0.638 bits per heavy atom. The molecule has 0 saturated heterocycles. The van der Waals surface area contributed by atoms with E-state index in [1.165, 1.54) is 36.5 Å². The van der Waals surface area contributed by atoms with Gasteiger partial charge in [0.2, 0.25) is 0 Å². The van der Waals surface area contributed by atoms with E-state index in [0.717, 1.165) is 55.6 Å². The molecule has 0 amide bonds. The first kappa shape index (κ1) is 39.5. The van der Waals surface area contributed by atoms with Gasteiger partial charge >= 0.3 is 11.9 Å². The Balaban J connectivity index is 0.000000177. The maximum absolute atomic E-state index is 12.7. The van der Waals surface area contributed by atoms with Gasteiger partial charge in [-0.1, -0.05) is 185 Å². The molecule has 0 fully saturated rings. The van der Waals surface area contributed by atoms with E-state index in [-0.39, 0.29) is 11.9 Å². The molecule has 4 heteroatoms. The number of hydrogen-bond donors (Lipinski definition) is 0. The van der Waals surface area contributed by atoms with E-state index in [0.29, 0.717) is 23.0 Å². The van der Waals surface area contributed by atoms with Crippen molar-refractivity contribution >= 4 is 11.9 Å². The molecule has 8 rings (SSSR count). The van der Waals surface area contributed by atoms with Crippen molar-refractivity contribution in [3.05, 3.63) is 192 Å². The molecule has 0 aromatic heterocycles. The molecule has 4 aliphatic carbocycles. The van der Waals surface area contributed by atoms with Crippen LogP contribution >= 0.6 is 0 Å². The molecule has 0 radical (unpaired) electrons. The minimum Gasteiger partial charge on any atom is -0.465 e. The van der Waals surface area contributed by atoms with E-state index >= 15 is 0 Å². The second-order valence-corrected chi connectivity index (χ2v) is 15.1. The number of hydrogen-bond acceptors (Lipinski definition) is 4. The van der Waals surface area contributed by atoms with Gasteiger partial charge < -0.3 is 9.47 Å². The summed E-state index contributed by atoms with van der Waals surface area (Å²) in [5.41, 5.74) is 16.1. The number of carbonyl (C=O) groups excluding carboxylic acids is 2. The third kappa shape index (κ3) is 8.33. The van der Waals surface area contributed by atoms with E-state index < -0.39 is 0 Å². The van der Waals surface area contributed by atoms with E-state index in [9.17, 15) is 9.59 Å². The zero-order chi connectivity index (χ0) is 40.8. The van der Waals surface area contributed by atoms with Gasteiger partial charge in [0.05, 0.1) is 25.3 Å². The van der Waals surface area contributed by atoms with Crippen LogP contribution in [0.5, 0.6) is 0 Å². The second-order valence-electron chi connectivity index (χ2n) is 15.1. The molecule has 4 nitrogen and oxygen atoms in total. The minimum atomic E-state index is -0.303. The van der Waals surface area contributed by atoms with Crippen LogP contribution in [0, 0.1) is 0 Å². The summed E-state index contributed by atoms with van der Waals surface area (Å²) < 4.78 is 10.3. The first-order valence-corrected chi connectivity index (χ1v) is 19.8. The highest BCUT2D eigenvalue weighted by atomic mass is 16.5. The highest BCUT2D eigenvalue weighted by Crippen LogP contribution is 2.41. The Hall–Kier alpha value is -6.78. The summed E-state index contributed by atoms with van der Waals surface area (Å²) >= 11 is 0. The largest absolute Gasteiger partial charge is 0.465 e. The third-order valence-corrected chi connectivity index (χ3v) is 10.8. The summed E-state index contributed by atoms with van der Waals surface area (Å²) in [5, 5.41) is 0. The van der Waals surface area contributed by atoms with Crippen molar-refractivity contribution in [3.63, 3.8) is 0 Å². The highest BCUT2D eigenvalue weighted by Gasteiger charge is 2.25. The molecular formula is C54H48O4. The molecule has 0 saturated carbocycles. The van der Waals surface area contributed by atoms with E-state index in [1.807, 2.05) is 36.4 Å². The molecule has 0 atom stereocenters. The molecule has 4 aromatic carbocycles. The Morgan fingerprint density at radius 1 is 0.345 bits per heavy atom. The van der Waals surface area contributed by atoms with Crippen LogP contribution in [-0.2, 0) is 9.47 Å². The molecule has 0 bridgehead atoms. The molecule has 0 N–H and O–H groups in total. The van der Waals surface area contributed by atoms with Gasteiger partial charge in [0.15, 0.2) is 0 Å². The standard InChI is InChI=1S/2C27H24O2/c2*1-18(2)22-10-7-11-23-17-24(26(25(23)16-22)27(28)29-3)21-14-12-20(13-15-21)19-8-5-4-6-9-19/h2*4-18H,1-3H3. The van der Waals surface area contributed by atoms with Gasteiger partial charge in [-0.15, -0.1) is 0 Å². The molecule has 0 unspecified atom stereocenters. The maximum atomic E-state index is 12.7. The fourth-order valence-electron chi connectivity index (χ4n) is 7.50. The minimum absolute atomic E-state index is 0.303. The third-order valence-electron chi connectivity index (χ3n) is 10.8. The van der Waals surface area contributed by atoms with Crippen molar-refractivity contribution in [1.82, 2.24) is 0 Å². The molecule has 288 valence electrons. The van der Waals surface area contributed by atoms with Crippen molar-refractivity contribution in [1.29, 1.82) is 0 Å². The van der Waals surface area contributed by atoms with Gasteiger partial charge in [0.25, 0.3) is 0 Å². The first-order chi connectivity index (χ1) is 28.2. The summed E-state index contributed by atoms with van der Waals surface area (Å²) in [7, 11) is 2.88. The molecule has 0 spiro atoms. The maximum Gasteiger partial charge on any atom is 0.339 e. The monoisotopic (exact) mass is 760 g/mol. The Labute approximate surface area is 342 Å². The van der Waals surface area contributed by atoms with Crippen molar-refractivity contribution in [2.45, 2.75) is 39.5 Å². The van der Waals surface area contributed by atoms with E-state index in [4.69, 9.17) is 9.47 Å². The predicted molar refractivity (Wildman–Crippen MR) is 239 cm³/mol. The van der Waals surface area contributed by atoms with Crippen molar-refractivity contribution in [3.8, 4) is 66.8 Å². The number of ether oxygens (including phenoxy) is 2. The lowest BCUT2D eigenvalue weighted by Crippen LogP contribution is -2.02. The fourth-order valence-corrected chi connectivity index (χ4v) is 7.50. The fraction of sp³-hybridized carbons (Fsp3) is 0.148. The number of esters is 2. The smallest absolute Gasteiger partial charge is 0.339 e. The first-order valence-electron chi connectivity index (χ1n) is 19.8. The molecule has 0 heterocycles. The number of carbonyl (C=O) groups is 2. The molecule has 4 aliphatic rings. The average molecular weight is 761 g/mol. The molecule has 4 aromatic rings. The van der Waals surface area contributed by atoms with Gasteiger partial charge in [-0.3, -0.25) is 0 Å². The summed E-state index contributed by atoms with van der Waals surface area (Å²) in [6.45, 7) is 8.63. The Kier molecular flexibility index (Phi) is 12.0. The van der Waals surface area contributed by atoms with Crippen LogP contribution in [-0.4, -0.2) is 26.2 Å². The van der Waals surface area contributed by atoms with Crippen LogP contribution in [0.4, 0.5) is 0 Å². The zero-order valence-electron chi connectivity index (χ0n) is 34.0. The van der Waals surface area contributed by atoms with Gasteiger partial charge in [0.1, 0.15) is 0 Å². The van der Waals surface area contributed by atoms with Gasteiger partial charge in [-0.25, -0.2) is 9.59 Å². The van der Waals surface area contributed by atoms with Crippen molar-refractivity contribution in [2.24, 2.45) is 0 Å². The lowest BCUT2D eigenvalue weighted by atomic mass is 9.98. The van der Waals surface area contributed by atoms with Crippen LogP contribution < -0.4 is 0 Å². The van der Waals surface area contributed by atoms with Crippen molar-refractivity contribution in [2.75, 3.05) is 14.2 Å². The molecule has 0 aliphatic heterocycles. The summed E-state index contributed by atoms with van der Waals surface area (Å²) in [4.78, 5) is 25.5. The Morgan fingerprint density at radius 3 is 0.966 bits per heavy atom. The SMILES string of the molecule is COC(=O)c1c(-c2ccc(-c3ccccc3)cc2)cc2cccc(C(C)C)cc1-2.COC(=O)c1c(-c2ccc(-c3ccccc3)cc2)cc2cccc(C(C)C)cc1-2. The van der Waals surface area contributed by atoms with E-state index in [1.54, 1.807) is 0 Å². The quantitative estimate of drug-likeness (QED) is 0.145. The number of benzene rings is 4. The van der Waals surface area contributed by atoms with Crippen LogP contribution in [0.2, 0.25) is 0 Å². The lowest BCUT2D eigenvalue weighted by Gasteiger charge is -2.08. The highest BCUT2D eigenvalue weighted by molar-refractivity contribution is 6.08. The average Bonchev–Trinajstić information content (AvgIpc) is 3.62. The zero-order valence-corrected chi connectivity index (χ0v) is 34.0. The van der Waals surface area contributed by atoms with Crippen LogP contribution in [0.3, 0.4) is 0 Å². The normalized spacial score (nSPS) is 11.0. The van der Waals surface area contributed by atoms with Crippen molar-refractivity contribution < 1.29 is 19.1 Å². The summed E-state index contributed by atoms with van der Waals surface area (Å²) in [6.07, 6.45) is 0. The number of methoxy groups -OCH3 is 2. The van der Waals surface area contributed by atoms with Crippen LogP contribution in [0.25, 0.3) is 66.8 Å². The summed E-state index contributed by atoms with van der Waals surface area (Å²) in [6, 6.07) is 58.1. The lowest BCUT2D eigenvalue weighted by molar-refractivity contribution is 0.0594. The molecular weight excluding hydrogens is 713 g/mol. The van der Waals surface area contributed by atoms with Crippen LogP contribution in [0.1, 0.15) is 71.4 Å². The van der Waals surface area contributed by atoms with Gasteiger partial charge in [0, 0.05) is 0 Å². The number of rotatable bonds is 8. The predicted octanol–water partition coefficient (Wildman–Crippen LogP) is 14.1.